The number of aromatic amines is 2. The van der Waals surface area contributed by atoms with Crippen LogP contribution < -0.4 is 51.2 Å². The zero-order valence-corrected chi connectivity index (χ0v) is 54.6. The minimum atomic E-state index is -5.49. The van der Waals surface area contributed by atoms with Gasteiger partial charge in [0.1, 0.15) is 110 Å². The summed E-state index contributed by atoms with van der Waals surface area (Å²) in [5, 5.41) is 21.0. The Balaban J connectivity index is 0.700. The Morgan fingerprint density at radius 2 is 0.810 bits per heavy atom. The molecule has 5 aliphatic rings. The Bertz CT molecular complexity index is 4850. The highest BCUT2D eigenvalue weighted by atomic mass is 31.2. The lowest BCUT2D eigenvalue weighted by Crippen LogP contribution is -2.32. The first-order valence-electron chi connectivity index (χ1n) is 29.7. The van der Waals surface area contributed by atoms with E-state index in [0.717, 1.165) is 21.8 Å². The van der Waals surface area contributed by atoms with Gasteiger partial charge in [-0.15, -0.1) is 0 Å². The van der Waals surface area contributed by atoms with Crippen molar-refractivity contribution in [2.75, 3.05) is 61.7 Å². The molecule has 48 nitrogen and oxygen atoms in total. The van der Waals surface area contributed by atoms with Crippen molar-refractivity contribution in [2.24, 2.45) is 0 Å². The summed E-state index contributed by atoms with van der Waals surface area (Å²) in [5.74, 6) is -0.890. The minimum Gasteiger partial charge on any atom is -0.394 e. The molecular formula is C48H61N21O27P4. The van der Waals surface area contributed by atoms with Crippen molar-refractivity contribution in [3.63, 3.8) is 0 Å². The summed E-state index contributed by atoms with van der Waals surface area (Å²) in [6, 6.07) is 2.53. The number of aliphatic hydroxyl groups excluding tert-OH is 2. The molecule has 8 aromatic heterocycles. The van der Waals surface area contributed by atoms with Crippen molar-refractivity contribution in [3.8, 4) is 0 Å². The lowest BCUT2D eigenvalue weighted by Gasteiger charge is -2.25. The summed E-state index contributed by atoms with van der Waals surface area (Å²) in [4.78, 5) is 137. The second kappa shape index (κ2) is 27.8. The standard InChI is InChI=1S/C48H61N21O27P4/c49-29-1-3-65(47(74)59-29)32-6-20(24(10-70)88-32)93-98(78,79)85-14-28-23(9-35(92-28)69-18-58-38-42(69)62-46(53)64-44(38)73)96-100(82,83)87-13-27-22(8-34(91-27)67-16-56-36-39(51)54-15-55-40(36)67)95-99(80,81)86-12-26-21(7-33(90-26)66-4-2-30(50)60-48(66)75)94-97(76,77)84-11-25-19(71)5-31(89-25)68-17-57-37-41(68)61-45(52)63-43(37)72/h1-4,15-28,31-35,70-71H,5-14H2,(H,76,77)(H,78,79)(H,80,81)(H,82,83)(H2,49,59,74)(H2,50,60,75)(H2,51,54,55)(H3,52,61,63,72)(H3,53,62,64,73)/t19-,20-,21-,22-,23-,24+,25+,26+,27+,28+,31+,32+,33+,34+,35+/m0/s1. The number of ether oxygens (including phenoxy) is 5. The van der Waals surface area contributed by atoms with Gasteiger partial charge in [0.25, 0.3) is 11.1 Å². The van der Waals surface area contributed by atoms with Crippen LogP contribution >= 0.6 is 31.3 Å². The molecular weight excluding hydrogens is 1430 g/mol. The molecule has 18 N–H and O–H groups in total. The SMILES string of the molecule is Nc1ccn([C@H]2C[C@H](OP(=O)(O)OC[C@H]3O[C@@H](n4cnc5c(=O)[nH]c(N)nc54)C[C@@H]3OP(=O)(O)OC[C@H]3O[C@@H](n4cnc5c(N)ncnc54)C[C@@H]3OP(=O)(O)OC[C@H]3O[C@@H](n4ccc(N)nc4=O)C[C@@H]3OP(=O)(O)OC[C@H]3O[C@@H](n4cnc5c(=O)[nH]c(N)nc54)C[C@@H]3O)[C@@H](CO)O2)c(=O)n1. The molecule has 5 aliphatic heterocycles. The summed E-state index contributed by atoms with van der Waals surface area (Å²) in [6.45, 7) is -4.52. The second-order valence-electron chi connectivity index (χ2n) is 22.9. The Labute approximate surface area is 555 Å². The predicted molar refractivity (Wildman–Crippen MR) is 329 cm³/mol. The van der Waals surface area contributed by atoms with Gasteiger partial charge in [-0.3, -0.25) is 78.6 Å². The van der Waals surface area contributed by atoms with Crippen LogP contribution in [0.3, 0.4) is 0 Å². The number of H-pyrrole nitrogens is 2. The number of rotatable bonds is 26. The number of hydrogen-bond donors (Lipinski definition) is 13. The number of nitrogens with one attached hydrogen (secondary N) is 2. The van der Waals surface area contributed by atoms with E-state index >= 15 is 0 Å². The first-order valence-corrected chi connectivity index (χ1v) is 35.7. The van der Waals surface area contributed by atoms with Gasteiger partial charge in [-0.05, 0) is 12.1 Å². The van der Waals surface area contributed by atoms with Gasteiger partial charge in [-0.1, -0.05) is 0 Å². The van der Waals surface area contributed by atoms with Crippen LogP contribution in [0.25, 0.3) is 33.5 Å². The third-order valence-corrected chi connectivity index (χ3v) is 20.4. The number of nitrogens with zero attached hydrogens (tertiary/aromatic N) is 14. The maximum Gasteiger partial charge on any atom is 0.472 e. The molecule has 19 atom stereocenters. The van der Waals surface area contributed by atoms with Crippen LogP contribution in [-0.4, -0.2) is 202 Å². The van der Waals surface area contributed by atoms with Crippen LogP contribution in [0.5, 0.6) is 0 Å². The third-order valence-electron chi connectivity index (χ3n) is 16.3. The average Bonchev–Trinajstić information content (AvgIpc) is 1.64. The molecule has 0 radical (unpaired) electrons. The highest BCUT2D eigenvalue weighted by Gasteiger charge is 2.50. The van der Waals surface area contributed by atoms with Crippen molar-refractivity contribution in [2.45, 2.75) is 124 Å². The molecule has 52 heteroatoms. The number of nitrogens with two attached hydrogens (primary N) is 5. The number of imidazole rings is 3. The third kappa shape index (κ3) is 15.2. The highest BCUT2D eigenvalue weighted by Crippen LogP contribution is 2.55. The topological polar surface area (TPSA) is 680 Å². The van der Waals surface area contributed by atoms with E-state index in [9.17, 15) is 67.2 Å². The van der Waals surface area contributed by atoms with Crippen molar-refractivity contribution in [1.82, 2.24) is 77.7 Å². The fourth-order valence-corrected chi connectivity index (χ4v) is 15.6. The molecule has 5 saturated heterocycles. The maximum atomic E-state index is 14.3. The van der Waals surface area contributed by atoms with E-state index in [1.54, 1.807) is 0 Å². The summed E-state index contributed by atoms with van der Waals surface area (Å²) in [5.41, 5.74) is 25.5. The van der Waals surface area contributed by atoms with Crippen molar-refractivity contribution < 1.29 is 108 Å². The van der Waals surface area contributed by atoms with Crippen LogP contribution in [0, 0.1) is 0 Å². The number of aliphatic hydroxyl groups is 2. The zero-order chi connectivity index (χ0) is 70.9. The molecule has 0 aliphatic carbocycles. The van der Waals surface area contributed by atoms with E-state index in [0.29, 0.717) is 0 Å². The molecule has 4 unspecified atom stereocenters. The van der Waals surface area contributed by atoms with E-state index in [2.05, 4.69) is 54.8 Å². The molecule has 0 spiro atoms. The van der Waals surface area contributed by atoms with Crippen molar-refractivity contribution >= 4 is 94.1 Å². The van der Waals surface area contributed by atoms with E-state index in [4.69, 9.17) is 88.5 Å². The number of hydrogen-bond acceptors (Lipinski definition) is 37. The molecule has 13 rings (SSSR count). The number of phosphoric ester groups is 4. The van der Waals surface area contributed by atoms with Gasteiger partial charge in [0.2, 0.25) is 11.9 Å². The van der Waals surface area contributed by atoms with E-state index in [1.165, 1.54) is 50.9 Å². The lowest BCUT2D eigenvalue weighted by atomic mass is 10.2. The molecule has 0 aromatic carbocycles. The van der Waals surface area contributed by atoms with E-state index in [-0.39, 0.29) is 75.7 Å². The molecule has 5 fully saturated rings. The van der Waals surface area contributed by atoms with Crippen LogP contribution in [0.15, 0.2) is 69.0 Å². The second-order valence-corrected chi connectivity index (χ2v) is 28.5. The van der Waals surface area contributed by atoms with Gasteiger partial charge in [0, 0.05) is 44.5 Å². The molecule has 13 heterocycles. The molecule has 0 saturated carbocycles. The molecule has 8 aromatic rings. The fraction of sp³-hybridized carbons (Fsp3) is 0.521. The summed E-state index contributed by atoms with van der Waals surface area (Å²) < 4.78 is 136. The van der Waals surface area contributed by atoms with Gasteiger partial charge in [-0.25, -0.2) is 52.8 Å². The lowest BCUT2D eigenvalue weighted by molar-refractivity contribution is -0.0638. The normalized spacial score (nSPS) is 29.6. The van der Waals surface area contributed by atoms with Crippen molar-refractivity contribution in [3.05, 3.63) is 91.5 Å². The predicted octanol–water partition coefficient (Wildman–Crippen LogP) is -2.68. The van der Waals surface area contributed by atoms with E-state index < -0.39 is 198 Å². The number of anilines is 5. The Morgan fingerprint density at radius 1 is 0.460 bits per heavy atom. The van der Waals surface area contributed by atoms with Gasteiger partial charge in [-0.2, -0.15) is 19.9 Å². The Morgan fingerprint density at radius 3 is 1.22 bits per heavy atom. The highest BCUT2D eigenvalue weighted by molar-refractivity contribution is 7.48. The summed E-state index contributed by atoms with van der Waals surface area (Å²) in [6.07, 6.45) is -15.7. The van der Waals surface area contributed by atoms with E-state index in [1.807, 2.05) is 0 Å². The van der Waals surface area contributed by atoms with Crippen LogP contribution in [0.2, 0.25) is 0 Å². The van der Waals surface area contributed by atoms with Crippen LogP contribution in [0.1, 0.15) is 63.2 Å². The first-order chi connectivity index (χ1) is 47.4. The number of nitrogen functional groups attached to an aromatic ring is 5. The average molecular weight is 1490 g/mol. The summed E-state index contributed by atoms with van der Waals surface area (Å²) in [7, 11) is -21.5. The Kier molecular flexibility index (Phi) is 19.7. The van der Waals surface area contributed by atoms with Crippen LogP contribution in [-0.2, 0) is 78.1 Å². The largest absolute Gasteiger partial charge is 0.472 e. The number of fused-ring (bicyclic) bond motifs is 3. The smallest absolute Gasteiger partial charge is 0.394 e. The van der Waals surface area contributed by atoms with Gasteiger partial charge < -0.3 is 82.1 Å². The van der Waals surface area contributed by atoms with Crippen LogP contribution in [0.4, 0.5) is 29.4 Å². The van der Waals surface area contributed by atoms with Gasteiger partial charge in [0.05, 0.1) is 58.1 Å². The van der Waals surface area contributed by atoms with Crippen molar-refractivity contribution in [1.29, 1.82) is 0 Å². The molecule has 540 valence electrons. The maximum absolute atomic E-state index is 14.3. The fourth-order valence-electron chi connectivity index (χ4n) is 11.7. The van der Waals surface area contributed by atoms with Gasteiger partial charge in [0.15, 0.2) is 33.8 Å². The molecule has 100 heavy (non-hydrogen) atoms. The van der Waals surface area contributed by atoms with Gasteiger partial charge >= 0.3 is 42.7 Å². The Hall–Kier alpha value is -7.83. The monoisotopic (exact) mass is 1490 g/mol. The molecule has 0 bridgehead atoms. The summed E-state index contributed by atoms with van der Waals surface area (Å²) >= 11 is 0. The zero-order valence-electron chi connectivity index (χ0n) is 51.0. The number of aromatic nitrogens is 16. The first kappa shape index (κ1) is 70.6. The number of phosphoric acid groups is 4. The molecule has 0 amide bonds. The quantitative estimate of drug-likeness (QED) is 0.0246. The minimum absolute atomic E-state index is 0.0168.